The number of hydrogen-bond acceptors (Lipinski definition) is 8. The fraction of sp³-hybridized carbons (Fsp3) is 0.0909. The number of azo groups is 1. The van der Waals surface area contributed by atoms with Gasteiger partial charge in [0.15, 0.2) is 4.34 Å². The fourth-order valence-electron chi connectivity index (χ4n) is 1.12. The lowest BCUT2D eigenvalue weighted by atomic mass is 10.3. The lowest BCUT2D eigenvalue weighted by molar-refractivity contribution is 0.451. The molecule has 2 rings (SSSR count). The standard InChI is InChI=1S/C11H10N4O2S2/c1-2-5-18-11-15-14-10(19-11)13-12-8-4-3-7(16)6-9(8)17/h2-4,6,16-17H,1,5H2. The first-order valence-corrected chi connectivity index (χ1v) is 7.00. The Balaban J connectivity index is 2.09. The lowest BCUT2D eigenvalue weighted by Crippen LogP contribution is -1.71. The number of aromatic hydroxyl groups is 2. The molecule has 0 aliphatic rings. The smallest absolute Gasteiger partial charge is 0.252 e. The van der Waals surface area contributed by atoms with Crippen LogP contribution in [0.4, 0.5) is 10.8 Å². The molecule has 98 valence electrons. The minimum Gasteiger partial charge on any atom is -0.508 e. The van der Waals surface area contributed by atoms with Crippen LogP contribution in [0.2, 0.25) is 0 Å². The molecule has 0 spiro atoms. The third-order valence-corrected chi connectivity index (χ3v) is 3.86. The van der Waals surface area contributed by atoms with E-state index in [1.165, 1.54) is 41.3 Å². The van der Waals surface area contributed by atoms with E-state index in [0.29, 0.717) is 5.13 Å². The molecule has 8 heteroatoms. The van der Waals surface area contributed by atoms with Crippen LogP contribution in [-0.2, 0) is 0 Å². The summed E-state index contributed by atoms with van der Waals surface area (Å²) < 4.78 is 0.781. The molecule has 0 saturated heterocycles. The predicted octanol–water partition coefficient (Wildman–Crippen LogP) is 3.64. The molecule has 19 heavy (non-hydrogen) atoms. The Bertz CT molecular complexity index is 612. The van der Waals surface area contributed by atoms with Crippen molar-refractivity contribution in [2.75, 3.05) is 5.75 Å². The second kappa shape index (κ2) is 6.30. The maximum atomic E-state index is 9.53. The first-order chi connectivity index (χ1) is 9.19. The first-order valence-electron chi connectivity index (χ1n) is 5.20. The maximum absolute atomic E-state index is 9.53. The van der Waals surface area contributed by atoms with Gasteiger partial charge in [-0.3, -0.25) is 0 Å². The summed E-state index contributed by atoms with van der Waals surface area (Å²) in [5.74, 6) is 0.579. The summed E-state index contributed by atoms with van der Waals surface area (Å²) in [6, 6.07) is 4.07. The van der Waals surface area contributed by atoms with Gasteiger partial charge in [-0.05, 0) is 12.1 Å². The Labute approximate surface area is 117 Å². The molecule has 0 saturated carbocycles. The third kappa shape index (κ3) is 3.76. The molecule has 1 aromatic carbocycles. The van der Waals surface area contributed by atoms with Crippen LogP contribution in [0.25, 0.3) is 0 Å². The Morgan fingerprint density at radius 2 is 2.16 bits per heavy atom. The number of thioether (sulfide) groups is 1. The summed E-state index contributed by atoms with van der Waals surface area (Å²) in [6.45, 7) is 3.62. The molecule has 2 aromatic rings. The van der Waals surface area contributed by atoms with Crippen molar-refractivity contribution < 1.29 is 10.2 Å². The van der Waals surface area contributed by atoms with Crippen molar-refractivity contribution in [3.05, 3.63) is 30.9 Å². The molecular formula is C11H10N4O2S2. The number of benzene rings is 1. The molecule has 2 N–H and O–H groups in total. The third-order valence-electron chi connectivity index (χ3n) is 1.92. The highest BCUT2D eigenvalue weighted by molar-refractivity contribution is 8.01. The van der Waals surface area contributed by atoms with Gasteiger partial charge in [0, 0.05) is 11.8 Å². The Morgan fingerprint density at radius 1 is 1.32 bits per heavy atom. The molecule has 1 aromatic heterocycles. The van der Waals surface area contributed by atoms with E-state index in [4.69, 9.17) is 5.11 Å². The van der Waals surface area contributed by atoms with Gasteiger partial charge in [-0.1, -0.05) is 29.2 Å². The molecule has 0 fully saturated rings. The number of phenols is 2. The van der Waals surface area contributed by atoms with Crippen molar-refractivity contribution in [1.29, 1.82) is 0 Å². The summed E-state index contributed by atoms with van der Waals surface area (Å²) >= 11 is 2.81. The molecule has 1 heterocycles. The number of rotatable bonds is 5. The Morgan fingerprint density at radius 3 is 2.89 bits per heavy atom. The number of hydrogen-bond donors (Lipinski definition) is 2. The average molecular weight is 294 g/mol. The first kappa shape index (κ1) is 13.5. The van der Waals surface area contributed by atoms with E-state index in [9.17, 15) is 5.11 Å². The van der Waals surface area contributed by atoms with Crippen molar-refractivity contribution in [3.63, 3.8) is 0 Å². The largest absolute Gasteiger partial charge is 0.508 e. The van der Waals surface area contributed by atoms with Crippen LogP contribution < -0.4 is 0 Å². The molecule has 0 aliphatic carbocycles. The van der Waals surface area contributed by atoms with Crippen LogP contribution >= 0.6 is 23.1 Å². The molecule has 6 nitrogen and oxygen atoms in total. The van der Waals surface area contributed by atoms with Crippen LogP contribution in [0.1, 0.15) is 0 Å². The second-order valence-corrected chi connectivity index (χ2v) is 5.55. The summed E-state index contributed by atoms with van der Waals surface area (Å²) in [4.78, 5) is 0. The van der Waals surface area contributed by atoms with Gasteiger partial charge in [-0.15, -0.1) is 27.0 Å². The molecular weight excluding hydrogens is 284 g/mol. The normalized spacial score (nSPS) is 10.9. The van der Waals surface area contributed by atoms with E-state index in [1.54, 1.807) is 6.08 Å². The van der Waals surface area contributed by atoms with E-state index in [-0.39, 0.29) is 17.2 Å². The van der Waals surface area contributed by atoms with E-state index < -0.39 is 0 Å². The number of aromatic nitrogens is 2. The predicted molar refractivity (Wildman–Crippen MR) is 74.8 cm³/mol. The zero-order chi connectivity index (χ0) is 13.7. The van der Waals surface area contributed by atoms with Gasteiger partial charge in [0.2, 0.25) is 0 Å². The van der Waals surface area contributed by atoms with Gasteiger partial charge in [0.05, 0.1) is 0 Å². The SMILES string of the molecule is C=CCSc1nnc(N=Nc2ccc(O)cc2O)s1. The van der Waals surface area contributed by atoms with E-state index in [2.05, 4.69) is 27.0 Å². The van der Waals surface area contributed by atoms with Gasteiger partial charge in [0.1, 0.15) is 17.2 Å². The molecule has 0 bridgehead atoms. The number of phenolic OH excluding ortho intramolecular Hbond substituents is 2. The summed E-state index contributed by atoms with van der Waals surface area (Å²) in [6.07, 6.45) is 1.78. The van der Waals surface area contributed by atoms with E-state index >= 15 is 0 Å². The highest BCUT2D eigenvalue weighted by Gasteiger charge is 2.04. The Hall–Kier alpha value is -1.93. The van der Waals surface area contributed by atoms with E-state index in [1.807, 2.05) is 0 Å². The zero-order valence-corrected chi connectivity index (χ0v) is 11.4. The summed E-state index contributed by atoms with van der Waals surface area (Å²) in [5.41, 5.74) is 0.258. The van der Waals surface area contributed by atoms with Crippen molar-refractivity contribution in [1.82, 2.24) is 10.2 Å². The highest BCUT2D eigenvalue weighted by Crippen LogP contribution is 2.32. The minimum absolute atomic E-state index is 0.0320. The Kier molecular flexibility index (Phi) is 4.48. The van der Waals surface area contributed by atoms with Crippen molar-refractivity contribution in [2.24, 2.45) is 10.2 Å². The van der Waals surface area contributed by atoms with Crippen molar-refractivity contribution >= 4 is 33.9 Å². The van der Waals surface area contributed by atoms with Crippen molar-refractivity contribution in [2.45, 2.75) is 4.34 Å². The molecule has 0 aliphatic heterocycles. The van der Waals surface area contributed by atoms with Gasteiger partial charge in [0.25, 0.3) is 5.13 Å². The van der Waals surface area contributed by atoms with Crippen LogP contribution in [0.15, 0.2) is 45.4 Å². The van der Waals surface area contributed by atoms with Gasteiger partial charge in [-0.2, -0.15) is 0 Å². The molecule has 0 radical (unpaired) electrons. The fourth-order valence-corrected chi connectivity index (χ4v) is 2.55. The second-order valence-electron chi connectivity index (χ2n) is 3.32. The quantitative estimate of drug-likeness (QED) is 0.499. The maximum Gasteiger partial charge on any atom is 0.252 e. The zero-order valence-electron chi connectivity index (χ0n) is 9.72. The van der Waals surface area contributed by atoms with Gasteiger partial charge >= 0.3 is 0 Å². The van der Waals surface area contributed by atoms with Crippen LogP contribution in [0.5, 0.6) is 11.5 Å². The minimum atomic E-state index is -0.144. The molecule has 0 atom stereocenters. The van der Waals surface area contributed by atoms with Gasteiger partial charge < -0.3 is 10.2 Å². The number of nitrogens with zero attached hydrogens (tertiary/aromatic N) is 4. The highest BCUT2D eigenvalue weighted by atomic mass is 32.2. The molecule has 0 unspecified atom stereocenters. The summed E-state index contributed by atoms with van der Waals surface area (Å²) in [7, 11) is 0. The van der Waals surface area contributed by atoms with E-state index in [0.717, 1.165) is 10.1 Å². The van der Waals surface area contributed by atoms with Crippen LogP contribution in [0, 0.1) is 0 Å². The van der Waals surface area contributed by atoms with Crippen LogP contribution in [-0.4, -0.2) is 26.2 Å². The average Bonchev–Trinajstić information content (AvgIpc) is 2.83. The van der Waals surface area contributed by atoms with Crippen molar-refractivity contribution in [3.8, 4) is 11.5 Å². The summed E-state index contributed by atoms with van der Waals surface area (Å²) in [5, 5.41) is 34.6. The van der Waals surface area contributed by atoms with Gasteiger partial charge in [-0.25, -0.2) is 0 Å². The van der Waals surface area contributed by atoms with Crippen LogP contribution in [0.3, 0.4) is 0 Å². The monoisotopic (exact) mass is 294 g/mol. The lowest BCUT2D eigenvalue weighted by Gasteiger charge is -1.96. The molecule has 0 amide bonds. The topological polar surface area (TPSA) is 91.0 Å².